The molecule has 0 spiro atoms. The number of furan rings is 1. The largest absolute Gasteiger partial charge is 0.456 e. The summed E-state index contributed by atoms with van der Waals surface area (Å²) in [5, 5.41) is 5.45. The van der Waals surface area contributed by atoms with Gasteiger partial charge in [0.05, 0.1) is 16.6 Å². The summed E-state index contributed by atoms with van der Waals surface area (Å²) in [6.07, 6.45) is 1.86. The van der Waals surface area contributed by atoms with E-state index < -0.39 is 7.14 Å². The number of hydrogen-bond acceptors (Lipinski definition) is 3. The molecule has 0 aliphatic carbocycles. The Bertz CT molecular complexity index is 2560. The van der Waals surface area contributed by atoms with Crippen LogP contribution in [0.25, 0.3) is 60.7 Å². The fourth-order valence-electron chi connectivity index (χ4n) is 6.73. The van der Waals surface area contributed by atoms with Crippen LogP contribution in [0.5, 0.6) is 0 Å². The summed E-state index contributed by atoms with van der Waals surface area (Å²) in [5.74, 6) is 0. The maximum absolute atomic E-state index is 15.1. The quantitative estimate of drug-likeness (QED) is 0.183. The van der Waals surface area contributed by atoms with Crippen molar-refractivity contribution in [3.05, 3.63) is 164 Å². The molecule has 0 N–H and O–H groups in total. The van der Waals surface area contributed by atoms with Gasteiger partial charge in [-0.05, 0) is 77.9 Å². The van der Waals surface area contributed by atoms with Crippen LogP contribution in [0.3, 0.4) is 0 Å². The molecule has 0 radical (unpaired) electrons. The zero-order chi connectivity index (χ0) is 30.7. The van der Waals surface area contributed by atoms with Gasteiger partial charge < -0.3 is 13.5 Å². The molecule has 0 aliphatic heterocycles. The van der Waals surface area contributed by atoms with E-state index in [1.54, 1.807) is 0 Å². The Balaban J connectivity index is 1.22. The molecule has 0 atom stereocenters. The predicted octanol–water partition coefficient (Wildman–Crippen LogP) is 9.38. The number of benzene rings is 6. The molecule has 0 saturated carbocycles. The van der Waals surface area contributed by atoms with Crippen LogP contribution in [0.15, 0.2) is 168 Å². The molecule has 9 rings (SSSR count). The molecule has 6 aromatic carbocycles. The van der Waals surface area contributed by atoms with Crippen LogP contribution < -0.4 is 15.9 Å². The van der Waals surface area contributed by atoms with Gasteiger partial charge in [-0.15, -0.1) is 0 Å². The van der Waals surface area contributed by atoms with E-state index in [0.29, 0.717) is 0 Å². The number of fused-ring (bicyclic) bond motifs is 6. The van der Waals surface area contributed by atoms with Crippen molar-refractivity contribution in [2.75, 3.05) is 0 Å². The van der Waals surface area contributed by atoms with Crippen molar-refractivity contribution >= 4 is 66.9 Å². The molecule has 3 aromatic heterocycles. The van der Waals surface area contributed by atoms with Crippen molar-refractivity contribution in [3.63, 3.8) is 0 Å². The minimum Gasteiger partial charge on any atom is -0.456 e. The average molecular weight is 611 g/mol. The van der Waals surface area contributed by atoms with Gasteiger partial charge in [0.2, 0.25) is 0 Å². The first-order chi connectivity index (χ1) is 22.7. The van der Waals surface area contributed by atoms with Gasteiger partial charge in [-0.25, -0.2) is 0 Å². The van der Waals surface area contributed by atoms with Gasteiger partial charge in [0, 0.05) is 44.0 Å². The predicted molar refractivity (Wildman–Crippen MR) is 191 cm³/mol. The first-order valence-corrected chi connectivity index (χ1v) is 17.0. The Morgan fingerprint density at radius 3 is 1.78 bits per heavy atom. The van der Waals surface area contributed by atoms with E-state index >= 15 is 4.57 Å². The third kappa shape index (κ3) is 4.08. The third-order valence-electron chi connectivity index (χ3n) is 8.92. The van der Waals surface area contributed by atoms with Gasteiger partial charge in [-0.1, -0.05) is 91.0 Å². The summed E-state index contributed by atoms with van der Waals surface area (Å²) < 4.78 is 23.7. The summed E-state index contributed by atoms with van der Waals surface area (Å²) >= 11 is 0. The smallest absolute Gasteiger partial charge is 0.171 e. The van der Waals surface area contributed by atoms with Crippen LogP contribution in [0, 0.1) is 0 Å². The number of rotatable bonds is 5. The second kappa shape index (κ2) is 10.4. The fraction of sp³-hybridized carbons (Fsp3) is 0. The Kier molecular flexibility index (Phi) is 6.06. The van der Waals surface area contributed by atoms with Crippen molar-refractivity contribution in [3.8, 4) is 16.8 Å². The standard InChI is InChI=1S/C41H27N2O2P/c44-46(31-13-6-2-7-14-31,32-15-8-3-9-16-32)33-20-23-40-35(27-33)34-25-29(19-22-39(34)45-40)28-18-21-37-36(26-28)41-38(17-10-24-42-41)43(37)30-11-4-1-5-12-30/h1-27H. The van der Waals surface area contributed by atoms with E-state index in [1.165, 1.54) is 0 Å². The van der Waals surface area contributed by atoms with Gasteiger partial charge in [-0.3, -0.25) is 4.98 Å². The van der Waals surface area contributed by atoms with E-state index in [1.807, 2.05) is 97.2 Å². The van der Waals surface area contributed by atoms with Gasteiger partial charge in [0.1, 0.15) is 11.2 Å². The third-order valence-corrected chi connectivity index (χ3v) is 12.0. The summed E-state index contributed by atoms with van der Waals surface area (Å²) in [6, 6.07) is 53.0. The highest BCUT2D eigenvalue weighted by Crippen LogP contribution is 2.44. The van der Waals surface area contributed by atoms with Crippen LogP contribution in [-0.4, -0.2) is 9.55 Å². The summed E-state index contributed by atoms with van der Waals surface area (Å²) in [7, 11) is -3.13. The highest BCUT2D eigenvalue weighted by atomic mass is 31.2. The highest BCUT2D eigenvalue weighted by Gasteiger charge is 2.30. The Labute approximate surface area is 265 Å². The maximum atomic E-state index is 15.1. The molecular formula is C41H27N2O2P. The number of aromatic nitrogens is 2. The van der Waals surface area contributed by atoms with E-state index in [2.05, 4.69) is 71.3 Å². The number of pyridine rings is 1. The van der Waals surface area contributed by atoms with Crippen LogP contribution in [0.4, 0.5) is 0 Å². The van der Waals surface area contributed by atoms with Crippen molar-refractivity contribution in [1.82, 2.24) is 9.55 Å². The van der Waals surface area contributed by atoms with Crippen LogP contribution in [-0.2, 0) is 4.57 Å². The lowest BCUT2D eigenvalue weighted by Gasteiger charge is -2.20. The molecule has 0 saturated heterocycles. The van der Waals surface area contributed by atoms with E-state index in [4.69, 9.17) is 9.40 Å². The van der Waals surface area contributed by atoms with Gasteiger partial charge in [0.15, 0.2) is 7.14 Å². The lowest BCUT2D eigenvalue weighted by atomic mass is 10.0. The topological polar surface area (TPSA) is 48.0 Å². The van der Waals surface area contributed by atoms with Gasteiger partial charge >= 0.3 is 0 Å². The first kappa shape index (κ1) is 26.7. The monoisotopic (exact) mass is 610 g/mol. The van der Waals surface area contributed by atoms with Crippen LogP contribution >= 0.6 is 7.14 Å². The van der Waals surface area contributed by atoms with Crippen molar-refractivity contribution in [1.29, 1.82) is 0 Å². The Morgan fingerprint density at radius 2 is 1.09 bits per heavy atom. The van der Waals surface area contributed by atoms with Gasteiger partial charge in [-0.2, -0.15) is 0 Å². The molecule has 9 aromatic rings. The maximum Gasteiger partial charge on any atom is 0.171 e. The SMILES string of the molecule is O=P(c1ccccc1)(c1ccccc1)c1ccc2oc3ccc(-c4ccc5c(c4)c4ncccc4n5-c4ccccc4)cc3c2c1. The molecular weight excluding hydrogens is 583 g/mol. The summed E-state index contributed by atoms with van der Waals surface area (Å²) in [6.45, 7) is 0. The first-order valence-electron chi connectivity index (χ1n) is 15.3. The van der Waals surface area contributed by atoms with Crippen LogP contribution in [0.1, 0.15) is 0 Å². The molecule has 3 heterocycles. The fourth-order valence-corrected chi connectivity index (χ4v) is 9.41. The molecule has 0 unspecified atom stereocenters. The molecule has 0 bridgehead atoms. The molecule has 218 valence electrons. The number of para-hydroxylation sites is 1. The molecule has 4 nitrogen and oxygen atoms in total. The normalized spacial score (nSPS) is 12.0. The van der Waals surface area contributed by atoms with E-state index in [0.717, 1.165) is 76.6 Å². The van der Waals surface area contributed by atoms with E-state index in [9.17, 15) is 0 Å². The lowest BCUT2D eigenvalue weighted by molar-refractivity contribution is 0.592. The molecule has 5 heteroatoms. The van der Waals surface area contributed by atoms with Gasteiger partial charge in [0.25, 0.3) is 0 Å². The summed E-state index contributed by atoms with van der Waals surface area (Å²) in [4.78, 5) is 4.79. The number of nitrogens with zero attached hydrogens (tertiary/aromatic N) is 2. The lowest BCUT2D eigenvalue weighted by Crippen LogP contribution is -2.24. The molecule has 0 fully saturated rings. The number of hydrogen-bond donors (Lipinski definition) is 0. The Hall–Kier alpha value is -5.70. The molecule has 0 aliphatic rings. The summed E-state index contributed by atoms with van der Waals surface area (Å²) in [5.41, 5.74) is 8.01. The van der Waals surface area contributed by atoms with Crippen molar-refractivity contribution in [2.45, 2.75) is 0 Å². The molecule has 0 amide bonds. The minimum atomic E-state index is -3.13. The zero-order valence-electron chi connectivity index (χ0n) is 24.7. The van der Waals surface area contributed by atoms with E-state index in [-0.39, 0.29) is 0 Å². The van der Waals surface area contributed by atoms with Crippen molar-refractivity contribution in [2.24, 2.45) is 0 Å². The minimum absolute atomic E-state index is 0.772. The van der Waals surface area contributed by atoms with Crippen molar-refractivity contribution < 1.29 is 8.98 Å². The average Bonchev–Trinajstić information content (AvgIpc) is 3.67. The molecule has 46 heavy (non-hydrogen) atoms. The zero-order valence-corrected chi connectivity index (χ0v) is 25.6. The Morgan fingerprint density at radius 1 is 0.500 bits per heavy atom. The second-order valence-electron chi connectivity index (χ2n) is 11.5. The highest BCUT2D eigenvalue weighted by molar-refractivity contribution is 7.85. The van der Waals surface area contributed by atoms with Crippen LogP contribution in [0.2, 0.25) is 0 Å². The second-order valence-corrected chi connectivity index (χ2v) is 14.3.